The van der Waals surface area contributed by atoms with Gasteiger partial charge in [0.1, 0.15) is 0 Å². The summed E-state index contributed by atoms with van der Waals surface area (Å²) in [6, 6.07) is -0.654. The lowest BCUT2D eigenvalue weighted by molar-refractivity contribution is -0.122. The van der Waals surface area contributed by atoms with Crippen LogP contribution in [0.25, 0.3) is 0 Å². The second-order valence-corrected chi connectivity index (χ2v) is 13.0. The van der Waals surface area contributed by atoms with Crippen molar-refractivity contribution in [1.82, 2.24) is 5.32 Å². The number of nitrogens with one attached hydrogen (secondary N) is 1. The number of allylic oxidation sites excluding steroid dienone is 6. The molecule has 0 spiro atoms. The Hall–Kier alpha value is -1.69. The van der Waals surface area contributed by atoms with Gasteiger partial charge in [-0.05, 0) is 51.4 Å². The van der Waals surface area contributed by atoms with E-state index in [1.54, 1.807) is 6.08 Å². The van der Waals surface area contributed by atoms with E-state index in [1.165, 1.54) is 103 Å². The zero-order valence-corrected chi connectivity index (χ0v) is 29.3. The van der Waals surface area contributed by atoms with Gasteiger partial charge in [0.05, 0.1) is 31.0 Å². The first-order chi connectivity index (χ1) is 22.1. The molecule has 0 aromatic carbocycles. The van der Waals surface area contributed by atoms with Crippen LogP contribution in [-0.4, -0.2) is 47.1 Å². The van der Waals surface area contributed by atoms with Crippen LogP contribution < -0.4 is 5.32 Å². The average Bonchev–Trinajstić information content (AvgIpc) is 3.80. The SMILES string of the molecule is CCCCCCCCCCCCCCC/C=C/[C@@H](O)[C@H](CO)NC(=O)CCC/C=C\C/C=C\C/C=C\CC1OC1CCCCC. The van der Waals surface area contributed by atoms with Gasteiger partial charge in [-0.3, -0.25) is 4.79 Å². The van der Waals surface area contributed by atoms with Gasteiger partial charge in [-0.15, -0.1) is 0 Å². The van der Waals surface area contributed by atoms with Crippen molar-refractivity contribution in [2.75, 3.05) is 6.61 Å². The van der Waals surface area contributed by atoms with Crippen molar-refractivity contribution in [3.05, 3.63) is 48.6 Å². The predicted molar refractivity (Wildman–Crippen MR) is 192 cm³/mol. The third-order valence-electron chi connectivity index (χ3n) is 8.73. The molecule has 1 amide bonds. The highest BCUT2D eigenvalue weighted by Gasteiger charge is 2.36. The maximum absolute atomic E-state index is 12.3. The van der Waals surface area contributed by atoms with Crippen molar-refractivity contribution in [2.45, 2.75) is 192 Å². The van der Waals surface area contributed by atoms with Gasteiger partial charge in [0, 0.05) is 6.42 Å². The summed E-state index contributed by atoms with van der Waals surface area (Å²) in [5, 5.41) is 22.9. The van der Waals surface area contributed by atoms with E-state index in [1.807, 2.05) is 6.08 Å². The minimum absolute atomic E-state index is 0.123. The molecule has 1 rings (SSSR count). The van der Waals surface area contributed by atoms with E-state index in [4.69, 9.17) is 4.74 Å². The summed E-state index contributed by atoms with van der Waals surface area (Å²) in [7, 11) is 0. The Morgan fingerprint density at radius 2 is 1.20 bits per heavy atom. The van der Waals surface area contributed by atoms with Crippen LogP contribution in [0.1, 0.15) is 168 Å². The molecule has 0 bridgehead atoms. The van der Waals surface area contributed by atoms with Gasteiger partial charge in [0.15, 0.2) is 0 Å². The lowest BCUT2D eigenvalue weighted by Crippen LogP contribution is -2.45. The molecular formula is C40H71NO4. The predicted octanol–water partition coefficient (Wildman–Crippen LogP) is 10.2. The molecule has 0 aromatic heterocycles. The van der Waals surface area contributed by atoms with E-state index in [0.29, 0.717) is 18.6 Å². The summed E-state index contributed by atoms with van der Waals surface area (Å²) in [5.41, 5.74) is 0. The molecule has 5 nitrogen and oxygen atoms in total. The fourth-order valence-electron chi connectivity index (χ4n) is 5.67. The Morgan fingerprint density at radius 3 is 1.82 bits per heavy atom. The minimum Gasteiger partial charge on any atom is -0.394 e. The lowest BCUT2D eigenvalue weighted by Gasteiger charge is -2.19. The van der Waals surface area contributed by atoms with Gasteiger partial charge in [-0.25, -0.2) is 0 Å². The van der Waals surface area contributed by atoms with Crippen LogP contribution in [0.4, 0.5) is 0 Å². The average molecular weight is 630 g/mol. The highest BCUT2D eigenvalue weighted by molar-refractivity contribution is 5.76. The Kier molecular flexibility index (Phi) is 28.4. The Bertz CT molecular complexity index is 789. The standard InChI is InChI=1S/C40H71NO4/c1-3-5-7-8-9-10-11-12-13-14-15-18-21-24-28-31-37(43)36(35-42)41-40(44)34-30-26-23-20-17-16-19-22-25-29-33-39-38(45-39)32-27-6-4-2/h16,19-20,23,25,28-29,31,36-39,42-43H,3-15,17-18,21-22,24,26-27,30,32-35H2,1-2H3,(H,41,44)/b19-16-,23-20-,29-25-,31-28+/t36-,37+,38?,39?/m0/s1. The topological polar surface area (TPSA) is 82.1 Å². The molecule has 1 heterocycles. The van der Waals surface area contributed by atoms with Crippen LogP contribution in [-0.2, 0) is 9.53 Å². The number of aliphatic hydroxyl groups is 2. The highest BCUT2D eigenvalue weighted by Crippen LogP contribution is 2.30. The van der Waals surface area contributed by atoms with Crippen LogP contribution in [0.3, 0.4) is 0 Å². The fourth-order valence-corrected chi connectivity index (χ4v) is 5.67. The van der Waals surface area contributed by atoms with E-state index in [2.05, 4.69) is 55.6 Å². The lowest BCUT2D eigenvalue weighted by atomic mass is 10.0. The van der Waals surface area contributed by atoms with Crippen LogP contribution in [0.5, 0.6) is 0 Å². The first-order valence-corrected chi connectivity index (χ1v) is 19.0. The van der Waals surface area contributed by atoms with Gasteiger partial charge in [-0.1, -0.05) is 159 Å². The van der Waals surface area contributed by atoms with Crippen LogP contribution in [0, 0.1) is 0 Å². The number of aliphatic hydroxyl groups excluding tert-OH is 2. The molecule has 2 unspecified atom stereocenters. The number of carbonyl (C=O) groups is 1. The number of hydrogen-bond donors (Lipinski definition) is 3. The van der Waals surface area contributed by atoms with Gasteiger partial charge < -0.3 is 20.3 Å². The molecule has 45 heavy (non-hydrogen) atoms. The van der Waals surface area contributed by atoms with Gasteiger partial charge >= 0.3 is 0 Å². The van der Waals surface area contributed by atoms with Crippen molar-refractivity contribution >= 4 is 5.91 Å². The summed E-state index contributed by atoms with van der Waals surface area (Å²) in [4.78, 5) is 12.3. The number of epoxide rings is 1. The molecule has 1 fully saturated rings. The Balaban J connectivity index is 1.97. The third kappa shape index (κ3) is 26.1. The molecule has 260 valence electrons. The molecule has 3 N–H and O–H groups in total. The maximum atomic E-state index is 12.3. The molecule has 0 saturated carbocycles. The molecule has 1 saturated heterocycles. The second kappa shape index (κ2) is 30.9. The largest absolute Gasteiger partial charge is 0.394 e. The summed E-state index contributed by atoms with van der Waals surface area (Å²) < 4.78 is 5.72. The molecular weight excluding hydrogens is 558 g/mol. The van der Waals surface area contributed by atoms with E-state index >= 15 is 0 Å². The number of unbranched alkanes of at least 4 members (excludes halogenated alkanes) is 16. The number of carbonyl (C=O) groups excluding carboxylic acids is 1. The first kappa shape index (κ1) is 41.3. The van der Waals surface area contributed by atoms with Gasteiger partial charge in [0.2, 0.25) is 5.91 Å². The number of ether oxygens (including phenoxy) is 1. The van der Waals surface area contributed by atoms with E-state index in [0.717, 1.165) is 44.9 Å². The van der Waals surface area contributed by atoms with Crippen molar-refractivity contribution in [3.63, 3.8) is 0 Å². The maximum Gasteiger partial charge on any atom is 0.220 e. The summed E-state index contributed by atoms with van der Waals surface area (Å²) in [6.45, 7) is 4.24. The van der Waals surface area contributed by atoms with Crippen molar-refractivity contribution in [1.29, 1.82) is 0 Å². The van der Waals surface area contributed by atoms with Gasteiger partial charge in [0.25, 0.3) is 0 Å². The van der Waals surface area contributed by atoms with Crippen LogP contribution in [0.2, 0.25) is 0 Å². The molecule has 1 aliphatic heterocycles. The molecule has 0 aromatic rings. The van der Waals surface area contributed by atoms with E-state index in [9.17, 15) is 15.0 Å². The van der Waals surface area contributed by atoms with E-state index < -0.39 is 12.1 Å². The summed E-state index contributed by atoms with van der Waals surface area (Å²) in [6.07, 6.45) is 45.1. The molecule has 4 atom stereocenters. The molecule has 0 aliphatic carbocycles. The Labute approximate surface area is 278 Å². The third-order valence-corrected chi connectivity index (χ3v) is 8.73. The zero-order chi connectivity index (χ0) is 32.6. The minimum atomic E-state index is -0.864. The second-order valence-electron chi connectivity index (χ2n) is 13.0. The molecule has 0 radical (unpaired) electrons. The first-order valence-electron chi connectivity index (χ1n) is 19.0. The fraction of sp³-hybridized carbons (Fsp3) is 0.775. The van der Waals surface area contributed by atoms with Crippen molar-refractivity contribution in [2.24, 2.45) is 0 Å². The Morgan fingerprint density at radius 1 is 0.667 bits per heavy atom. The normalized spacial score (nSPS) is 18.1. The van der Waals surface area contributed by atoms with Crippen molar-refractivity contribution in [3.8, 4) is 0 Å². The quantitative estimate of drug-likeness (QED) is 0.0393. The van der Waals surface area contributed by atoms with Gasteiger partial charge in [-0.2, -0.15) is 0 Å². The smallest absolute Gasteiger partial charge is 0.220 e. The number of rotatable bonds is 32. The van der Waals surface area contributed by atoms with Crippen LogP contribution in [0.15, 0.2) is 48.6 Å². The number of hydrogen-bond acceptors (Lipinski definition) is 4. The monoisotopic (exact) mass is 630 g/mol. The number of amides is 1. The van der Waals surface area contributed by atoms with Crippen molar-refractivity contribution < 1.29 is 19.7 Å². The van der Waals surface area contributed by atoms with E-state index in [-0.39, 0.29) is 12.5 Å². The summed E-state index contributed by atoms with van der Waals surface area (Å²) in [5.74, 6) is -0.123. The highest BCUT2D eigenvalue weighted by atomic mass is 16.6. The zero-order valence-electron chi connectivity index (χ0n) is 29.3. The van der Waals surface area contributed by atoms with Crippen LogP contribution >= 0.6 is 0 Å². The molecule has 1 aliphatic rings. The molecule has 5 heteroatoms. The summed E-state index contributed by atoms with van der Waals surface area (Å²) >= 11 is 0.